The van der Waals surface area contributed by atoms with Gasteiger partial charge in [0.1, 0.15) is 5.52 Å². The molecule has 0 radical (unpaired) electrons. The predicted molar refractivity (Wildman–Crippen MR) is 80.1 cm³/mol. The minimum Gasteiger partial charge on any atom is -0.440 e. The van der Waals surface area contributed by atoms with Crippen molar-refractivity contribution >= 4 is 22.7 Å². The lowest BCUT2D eigenvalue weighted by Crippen LogP contribution is -2.38. The summed E-state index contributed by atoms with van der Waals surface area (Å²) >= 11 is 6.08. The minimum absolute atomic E-state index is 0.706. The molecule has 2 saturated heterocycles. The molecule has 4 rings (SSSR count). The summed E-state index contributed by atoms with van der Waals surface area (Å²) < 4.78 is 5.96. The molecule has 2 bridgehead atoms. The highest BCUT2D eigenvalue weighted by Crippen LogP contribution is 2.33. The Morgan fingerprint density at radius 1 is 1.30 bits per heavy atom. The maximum atomic E-state index is 6.08. The molecule has 0 spiro atoms. The zero-order valence-corrected chi connectivity index (χ0v) is 12.4. The van der Waals surface area contributed by atoms with Gasteiger partial charge in [-0.05, 0) is 56.2 Å². The van der Waals surface area contributed by atoms with E-state index in [1.165, 1.54) is 25.7 Å². The lowest BCUT2D eigenvalue weighted by Gasteiger charge is -2.28. The number of hydrogen-bond acceptors (Lipinski definition) is 3. The summed E-state index contributed by atoms with van der Waals surface area (Å²) in [6.07, 6.45) is 6.15. The van der Waals surface area contributed by atoms with Crippen molar-refractivity contribution < 1.29 is 4.42 Å². The number of rotatable bonds is 2. The van der Waals surface area contributed by atoms with Gasteiger partial charge in [0.15, 0.2) is 11.5 Å². The van der Waals surface area contributed by atoms with Gasteiger partial charge in [0, 0.05) is 23.5 Å². The van der Waals surface area contributed by atoms with Crippen LogP contribution >= 0.6 is 11.6 Å². The van der Waals surface area contributed by atoms with Crippen LogP contribution in [0.2, 0.25) is 5.02 Å². The molecule has 3 nitrogen and oxygen atoms in total. The Kier molecular flexibility index (Phi) is 3.00. The Morgan fingerprint density at radius 2 is 2.05 bits per heavy atom. The fourth-order valence-electron chi connectivity index (χ4n) is 3.88. The molecule has 2 aliphatic rings. The third kappa shape index (κ3) is 2.23. The van der Waals surface area contributed by atoms with Crippen LogP contribution in [0.4, 0.5) is 0 Å². The van der Waals surface area contributed by atoms with Gasteiger partial charge >= 0.3 is 0 Å². The van der Waals surface area contributed by atoms with Crippen molar-refractivity contribution in [2.45, 2.75) is 51.1 Å². The van der Waals surface area contributed by atoms with Crippen molar-refractivity contribution in [1.82, 2.24) is 10.3 Å². The molecule has 3 heterocycles. The molecule has 2 fully saturated rings. The van der Waals surface area contributed by atoms with Crippen LogP contribution in [-0.4, -0.2) is 17.1 Å². The van der Waals surface area contributed by atoms with E-state index in [4.69, 9.17) is 16.0 Å². The van der Waals surface area contributed by atoms with E-state index in [2.05, 4.69) is 10.3 Å². The summed E-state index contributed by atoms with van der Waals surface area (Å²) in [6.45, 7) is 2.02. The van der Waals surface area contributed by atoms with Gasteiger partial charge in [0.25, 0.3) is 0 Å². The number of piperidine rings is 1. The van der Waals surface area contributed by atoms with E-state index in [1.54, 1.807) is 0 Å². The van der Waals surface area contributed by atoms with Crippen LogP contribution in [0.15, 0.2) is 16.5 Å². The van der Waals surface area contributed by atoms with Crippen LogP contribution in [0, 0.1) is 12.8 Å². The van der Waals surface area contributed by atoms with Crippen molar-refractivity contribution in [3.8, 4) is 0 Å². The lowest BCUT2D eigenvalue weighted by atomic mass is 9.90. The summed E-state index contributed by atoms with van der Waals surface area (Å²) in [7, 11) is 0. The quantitative estimate of drug-likeness (QED) is 0.912. The molecule has 106 valence electrons. The van der Waals surface area contributed by atoms with Crippen molar-refractivity contribution in [1.29, 1.82) is 0 Å². The van der Waals surface area contributed by atoms with E-state index < -0.39 is 0 Å². The summed E-state index contributed by atoms with van der Waals surface area (Å²) in [5.74, 6) is 1.58. The van der Waals surface area contributed by atoms with Crippen molar-refractivity contribution in [3.63, 3.8) is 0 Å². The zero-order valence-electron chi connectivity index (χ0n) is 11.7. The first-order chi connectivity index (χ1) is 9.67. The van der Waals surface area contributed by atoms with Crippen molar-refractivity contribution in [3.05, 3.63) is 28.6 Å². The normalized spacial score (nSPS) is 29.2. The van der Waals surface area contributed by atoms with Crippen LogP contribution < -0.4 is 5.32 Å². The number of aryl methyl sites for hydroxylation is 1. The highest BCUT2D eigenvalue weighted by Gasteiger charge is 2.34. The number of halogens is 1. The smallest absolute Gasteiger partial charge is 0.195 e. The lowest BCUT2D eigenvalue weighted by molar-refractivity contribution is 0.284. The molecular formula is C16H19ClN2O. The van der Waals surface area contributed by atoms with E-state index in [0.29, 0.717) is 5.92 Å². The SMILES string of the molecule is Cc1cc(Cl)cc2nc(CC3CC4CCC(C3)N4)oc12. The van der Waals surface area contributed by atoms with Gasteiger partial charge < -0.3 is 9.73 Å². The van der Waals surface area contributed by atoms with E-state index in [9.17, 15) is 0 Å². The van der Waals surface area contributed by atoms with Gasteiger partial charge in [-0.2, -0.15) is 0 Å². The number of nitrogens with zero attached hydrogens (tertiary/aromatic N) is 1. The Labute approximate surface area is 123 Å². The average molecular weight is 291 g/mol. The van der Waals surface area contributed by atoms with Crippen molar-refractivity contribution in [2.75, 3.05) is 0 Å². The maximum absolute atomic E-state index is 6.08. The van der Waals surface area contributed by atoms with Gasteiger partial charge in [-0.15, -0.1) is 0 Å². The largest absolute Gasteiger partial charge is 0.440 e. The second kappa shape index (κ2) is 4.74. The number of hydrogen-bond donors (Lipinski definition) is 1. The number of oxazole rings is 1. The fraction of sp³-hybridized carbons (Fsp3) is 0.562. The highest BCUT2D eigenvalue weighted by atomic mass is 35.5. The Morgan fingerprint density at radius 3 is 2.80 bits per heavy atom. The zero-order chi connectivity index (χ0) is 13.7. The van der Waals surface area contributed by atoms with Gasteiger partial charge in [0.05, 0.1) is 0 Å². The van der Waals surface area contributed by atoms with E-state index in [1.807, 2.05) is 19.1 Å². The molecular weight excluding hydrogens is 272 g/mol. The second-order valence-corrected chi connectivity index (χ2v) is 6.79. The molecule has 4 heteroatoms. The summed E-state index contributed by atoms with van der Waals surface area (Å²) in [6, 6.07) is 5.27. The number of benzene rings is 1. The van der Waals surface area contributed by atoms with E-state index in [0.717, 1.165) is 46.1 Å². The molecule has 0 aliphatic carbocycles. The van der Waals surface area contributed by atoms with E-state index in [-0.39, 0.29) is 0 Å². The first-order valence-corrected chi connectivity index (χ1v) is 7.87. The topological polar surface area (TPSA) is 38.1 Å². The molecule has 0 amide bonds. The van der Waals surface area contributed by atoms with Gasteiger partial charge in [-0.3, -0.25) is 0 Å². The number of fused-ring (bicyclic) bond motifs is 3. The Bertz CT molecular complexity index is 639. The second-order valence-electron chi connectivity index (χ2n) is 6.36. The standard InChI is InChI=1S/C16H19ClN2O/c1-9-4-11(17)8-14-16(9)20-15(19-14)7-10-5-12-2-3-13(6-10)18-12/h4,8,10,12-13,18H,2-3,5-7H2,1H3. The van der Waals surface area contributed by atoms with Crippen LogP contribution in [0.25, 0.3) is 11.1 Å². The number of nitrogens with one attached hydrogen (secondary N) is 1. The van der Waals surface area contributed by atoms with Crippen LogP contribution in [0.1, 0.15) is 37.1 Å². The fourth-order valence-corrected chi connectivity index (χ4v) is 4.15. The third-order valence-electron chi connectivity index (χ3n) is 4.72. The highest BCUT2D eigenvalue weighted by molar-refractivity contribution is 6.31. The molecule has 1 N–H and O–H groups in total. The summed E-state index contributed by atoms with van der Waals surface area (Å²) in [4.78, 5) is 4.63. The molecule has 1 aromatic carbocycles. The molecule has 0 saturated carbocycles. The molecule has 2 unspecified atom stereocenters. The Hall–Kier alpha value is -1.06. The molecule has 2 atom stereocenters. The monoisotopic (exact) mass is 290 g/mol. The summed E-state index contributed by atoms with van der Waals surface area (Å²) in [5.41, 5.74) is 2.85. The minimum atomic E-state index is 0.706. The molecule has 2 aliphatic heterocycles. The molecule has 1 aromatic heterocycles. The average Bonchev–Trinajstić information content (AvgIpc) is 2.93. The maximum Gasteiger partial charge on any atom is 0.195 e. The number of aromatic nitrogens is 1. The van der Waals surface area contributed by atoms with Crippen LogP contribution in [0.3, 0.4) is 0 Å². The first-order valence-electron chi connectivity index (χ1n) is 7.49. The van der Waals surface area contributed by atoms with Gasteiger partial charge in [-0.25, -0.2) is 4.98 Å². The third-order valence-corrected chi connectivity index (χ3v) is 4.94. The van der Waals surface area contributed by atoms with Gasteiger partial charge in [0.2, 0.25) is 0 Å². The van der Waals surface area contributed by atoms with Crippen LogP contribution in [-0.2, 0) is 6.42 Å². The summed E-state index contributed by atoms with van der Waals surface area (Å²) in [5, 5.41) is 4.41. The van der Waals surface area contributed by atoms with Gasteiger partial charge in [-0.1, -0.05) is 11.6 Å². The molecule has 20 heavy (non-hydrogen) atoms. The van der Waals surface area contributed by atoms with E-state index >= 15 is 0 Å². The van der Waals surface area contributed by atoms with Crippen molar-refractivity contribution in [2.24, 2.45) is 5.92 Å². The predicted octanol–water partition coefficient (Wildman–Crippen LogP) is 3.86. The first kappa shape index (κ1) is 12.7. The molecule has 2 aromatic rings. The Balaban J connectivity index is 1.58. The van der Waals surface area contributed by atoms with Crippen LogP contribution in [0.5, 0.6) is 0 Å².